The minimum absolute atomic E-state index is 0.611. The number of nitrogens with zero attached hydrogens (tertiary/aromatic N) is 1. The molecule has 86 valence electrons. The monoisotopic (exact) mass is 207 g/mol. The van der Waals surface area contributed by atoms with Crippen molar-refractivity contribution in [3.05, 3.63) is 12.3 Å². The van der Waals surface area contributed by atoms with Crippen molar-refractivity contribution in [2.45, 2.75) is 58.9 Å². The van der Waals surface area contributed by atoms with E-state index in [2.05, 4.69) is 32.3 Å². The maximum absolute atomic E-state index is 4.29. The lowest BCUT2D eigenvalue weighted by Crippen LogP contribution is -2.33. The lowest BCUT2D eigenvalue weighted by molar-refractivity contribution is 0.229. The molecule has 0 radical (unpaired) electrons. The normalized spacial score (nSPS) is 34.9. The third kappa shape index (κ3) is 1.93. The van der Waals surface area contributed by atoms with Crippen LogP contribution in [0.2, 0.25) is 0 Å². The zero-order chi connectivity index (χ0) is 11.1. The molecular formula is C14H25N. The molecule has 0 aromatic heterocycles. The molecule has 2 rings (SSSR count). The fraction of sp³-hybridized carbons (Fsp3) is 0.857. The standard InChI is InChI=1S/C14H25N/c1-11(2)10-12(3)15-9-8-14(4)7-5-6-13(14)15/h11,13H,3,5-10H2,1-2,4H3/t13-,14-/m1/s1. The van der Waals surface area contributed by atoms with E-state index in [-0.39, 0.29) is 0 Å². The molecule has 1 nitrogen and oxygen atoms in total. The Labute approximate surface area is 94.5 Å². The van der Waals surface area contributed by atoms with E-state index >= 15 is 0 Å². The smallest absolute Gasteiger partial charge is 0.0341 e. The van der Waals surface area contributed by atoms with Gasteiger partial charge in [-0.1, -0.05) is 33.8 Å². The van der Waals surface area contributed by atoms with Crippen molar-refractivity contribution < 1.29 is 0 Å². The Kier molecular flexibility index (Phi) is 2.83. The Balaban J connectivity index is 2.03. The van der Waals surface area contributed by atoms with E-state index < -0.39 is 0 Å². The van der Waals surface area contributed by atoms with Gasteiger partial charge in [0.1, 0.15) is 0 Å². The highest BCUT2D eigenvalue weighted by Gasteiger charge is 2.46. The van der Waals surface area contributed by atoms with Gasteiger partial charge in [-0.25, -0.2) is 0 Å². The van der Waals surface area contributed by atoms with Crippen LogP contribution in [0.1, 0.15) is 52.9 Å². The molecule has 1 heterocycles. The zero-order valence-corrected chi connectivity index (χ0v) is 10.6. The van der Waals surface area contributed by atoms with Crippen LogP contribution >= 0.6 is 0 Å². The fourth-order valence-corrected chi connectivity index (χ4v) is 3.54. The first-order valence-electron chi connectivity index (χ1n) is 6.47. The highest BCUT2D eigenvalue weighted by Crippen LogP contribution is 2.49. The Morgan fingerprint density at radius 2 is 2.20 bits per heavy atom. The second-order valence-electron chi connectivity index (χ2n) is 6.17. The second kappa shape index (κ2) is 3.84. The van der Waals surface area contributed by atoms with E-state index in [0.29, 0.717) is 5.41 Å². The van der Waals surface area contributed by atoms with Crippen LogP contribution in [-0.2, 0) is 0 Å². The molecule has 0 N–H and O–H groups in total. The molecule has 1 aliphatic heterocycles. The van der Waals surface area contributed by atoms with Gasteiger partial charge < -0.3 is 4.90 Å². The molecule has 2 fully saturated rings. The number of rotatable bonds is 3. The fourth-order valence-electron chi connectivity index (χ4n) is 3.54. The van der Waals surface area contributed by atoms with Gasteiger partial charge in [-0.2, -0.15) is 0 Å². The molecule has 0 amide bonds. The molecule has 0 aromatic carbocycles. The van der Waals surface area contributed by atoms with E-state index in [1.54, 1.807) is 0 Å². The van der Waals surface area contributed by atoms with Crippen molar-refractivity contribution in [2.24, 2.45) is 11.3 Å². The van der Waals surface area contributed by atoms with Crippen LogP contribution in [0, 0.1) is 11.3 Å². The van der Waals surface area contributed by atoms with Crippen LogP contribution in [0.5, 0.6) is 0 Å². The first-order chi connectivity index (χ1) is 7.03. The topological polar surface area (TPSA) is 3.24 Å². The third-order valence-corrected chi connectivity index (χ3v) is 4.38. The predicted octanol–water partition coefficient (Wildman–Crippen LogP) is 3.81. The van der Waals surface area contributed by atoms with E-state index in [0.717, 1.165) is 12.0 Å². The van der Waals surface area contributed by atoms with Gasteiger partial charge in [0.2, 0.25) is 0 Å². The summed E-state index contributed by atoms with van der Waals surface area (Å²) in [6.45, 7) is 12.6. The maximum Gasteiger partial charge on any atom is 0.0341 e. The van der Waals surface area contributed by atoms with Crippen molar-refractivity contribution in [3.63, 3.8) is 0 Å². The average molecular weight is 207 g/mol. The molecule has 1 heteroatoms. The van der Waals surface area contributed by atoms with Gasteiger partial charge in [0.25, 0.3) is 0 Å². The minimum Gasteiger partial charge on any atom is -0.372 e. The Bertz CT molecular complexity index is 256. The highest BCUT2D eigenvalue weighted by atomic mass is 15.2. The average Bonchev–Trinajstić information content (AvgIpc) is 2.59. The SMILES string of the molecule is C=C(CC(C)C)N1CC[C@@]2(C)CCC[C@@H]12. The quantitative estimate of drug-likeness (QED) is 0.680. The van der Waals surface area contributed by atoms with Gasteiger partial charge in [0, 0.05) is 18.3 Å². The highest BCUT2D eigenvalue weighted by molar-refractivity contribution is 5.09. The molecule has 1 saturated heterocycles. The van der Waals surface area contributed by atoms with E-state index in [1.165, 1.54) is 44.3 Å². The maximum atomic E-state index is 4.29. The van der Waals surface area contributed by atoms with Crippen molar-refractivity contribution in [3.8, 4) is 0 Å². The molecule has 1 aliphatic carbocycles. The molecule has 0 bridgehead atoms. The number of fused-ring (bicyclic) bond motifs is 1. The summed E-state index contributed by atoms with van der Waals surface area (Å²) in [5.41, 5.74) is 2.00. The molecular weight excluding hydrogens is 182 g/mol. The summed E-state index contributed by atoms with van der Waals surface area (Å²) < 4.78 is 0. The van der Waals surface area contributed by atoms with Crippen molar-refractivity contribution in [1.29, 1.82) is 0 Å². The van der Waals surface area contributed by atoms with E-state index in [1.807, 2.05) is 0 Å². The summed E-state index contributed by atoms with van der Waals surface area (Å²) in [4.78, 5) is 2.62. The summed E-state index contributed by atoms with van der Waals surface area (Å²) in [7, 11) is 0. The number of likely N-dealkylation sites (tertiary alicyclic amines) is 1. The van der Waals surface area contributed by atoms with E-state index in [4.69, 9.17) is 0 Å². The number of hydrogen-bond acceptors (Lipinski definition) is 1. The van der Waals surface area contributed by atoms with Crippen molar-refractivity contribution in [1.82, 2.24) is 4.90 Å². The van der Waals surface area contributed by atoms with Crippen LogP contribution in [0.15, 0.2) is 12.3 Å². The van der Waals surface area contributed by atoms with Crippen LogP contribution in [0.4, 0.5) is 0 Å². The zero-order valence-electron chi connectivity index (χ0n) is 10.6. The van der Waals surface area contributed by atoms with Gasteiger partial charge in [-0.3, -0.25) is 0 Å². The Morgan fingerprint density at radius 1 is 1.47 bits per heavy atom. The Morgan fingerprint density at radius 3 is 2.87 bits per heavy atom. The molecule has 2 aliphatic rings. The first kappa shape index (κ1) is 11.0. The summed E-state index contributed by atoms with van der Waals surface area (Å²) in [5.74, 6) is 0.741. The predicted molar refractivity (Wildman–Crippen MR) is 65.7 cm³/mol. The largest absolute Gasteiger partial charge is 0.372 e. The lowest BCUT2D eigenvalue weighted by Gasteiger charge is -2.32. The lowest BCUT2D eigenvalue weighted by atomic mass is 9.85. The third-order valence-electron chi connectivity index (χ3n) is 4.38. The second-order valence-corrected chi connectivity index (χ2v) is 6.17. The van der Waals surface area contributed by atoms with Gasteiger partial charge in [0.15, 0.2) is 0 Å². The minimum atomic E-state index is 0.611. The summed E-state index contributed by atoms with van der Waals surface area (Å²) in [6, 6.07) is 0.809. The van der Waals surface area contributed by atoms with Gasteiger partial charge in [0.05, 0.1) is 0 Å². The molecule has 0 aromatic rings. The summed E-state index contributed by atoms with van der Waals surface area (Å²) >= 11 is 0. The number of hydrogen-bond donors (Lipinski definition) is 0. The van der Waals surface area contributed by atoms with Gasteiger partial charge in [-0.15, -0.1) is 0 Å². The first-order valence-corrected chi connectivity index (χ1v) is 6.47. The van der Waals surface area contributed by atoms with Gasteiger partial charge in [-0.05, 0) is 37.0 Å². The van der Waals surface area contributed by atoms with Gasteiger partial charge >= 0.3 is 0 Å². The van der Waals surface area contributed by atoms with E-state index in [9.17, 15) is 0 Å². The van der Waals surface area contributed by atoms with Crippen LogP contribution in [-0.4, -0.2) is 17.5 Å². The Hall–Kier alpha value is -0.460. The summed E-state index contributed by atoms with van der Waals surface area (Å²) in [5, 5.41) is 0. The molecule has 0 spiro atoms. The van der Waals surface area contributed by atoms with Crippen molar-refractivity contribution in [2.75, 3.05) is 6.54 Å². The molecule has 2 atom stereocenters. The van der Waals surface area contributed by atoms with Crippen molar-refractivity contribution >= 4 is 0 Å². The molecule has 15 heavy (non-hydrogen) atoms. The summed E-state index contributed by atoms with van der Waals surface area (Å²) in [6.07, 6.45) is 6.81. The van der Waals surface area contributed by atoms with Crippen LogP contribution in [0.25, 0.3) is 0 Å². The number of allylic oxidation sites excluding steroid dienone is 1. The molecule has 0 unspecified atom stereocenters. The van der Waals surface area contributed by atoms with Crippen LogP contribution < -0.4 is 0 Å². The molecule has 1 saturated carbocycles. The van der Waals surface area contributed by atoms with Crippen LogP contribution in [0.3, 0.4) is 0 Å².